The Labute approximate surface area is 214 Å². The summed E-state index contributed by atoms with van der Waals surface area (Å²) >= 11 is 0. The molecule has 3 aromatic rings. The number of ether oxygens (including phenoxy) is 1. The lowest BCUT2D eigenvalue weighted by molar-refractivity contribution is -0.137. The topological polar surface area (TPSA) is 151 Å². The van der Waals surface area contributed by atoms with Crippen molar-refractivity contribution in [2.24, 2.45) is 7.05 Å². The fourth-order valence-corrected chi connectivity index (χ4v) is 5.96. The Bertz CT molecular complexity index is 1460. The van der Waals surface area contributed by atoms with Crippen LogP contribution in [0.5, 0.6) is 5.75 Å². The number of carbonyl (C=O) groups is 1. The molecule has 1 fully saturated rings. The summed E-state index contributed by atoms with van der Waals surface area (Å²) in [6, 6.07) is 4.55. The number of H-pyrrole nitrogens is 1. The highest BCUT2D eigenvalue weighted by atomic mass is 32.2. The lowest BCUT2D eigenvalue weighted by atomic mass is 10.1. The summed E-state index contributed by atoms with van der Waals surface area (Å²) in [7, 11) is -2.15. The third kappa shape index (κ3) is 5.53. The van der Waals surface area contributed by atoms with Gasteiger partial charge in [0.1, 0.15) is 17.1 Å². The molecular weight excluding hydrogens is 500 g/mol. The summed E-state index contributed by atoms with van der Waals surface area (Å²) in [5, 5.41) is 13.3. The van der Waals surface area contributed by atoms with Gasteiger partial charge in [0.25, 0.3) is 5.56 Å². The van der Waals surface area contributed by atoms with Crippen LogP contribution in [0.4, 0.5) is 0 Å². The first kappa shape index (κ1) is 26.8. The molecule has 0 radical (unpaired) electrons. The van der Waals surface area contributed by atoms with Crippen LogP contribution in [-0.4, -0.2) is 87.8 Å². The molecule has 2 N–H and O–H groups in total. The van der Waals surface area contributed by atoms with Crippen molar-refractivity contribution in [3.63, 3.8) is 0 Å². The Balaban J connectivity index is 1.70. The monoisotopic (exact) mass is 532 g/mol. The van der Waals surface area contributed by atoms with E-state index in [-0.39, 0.29) is 35.8 Å². The number of benzene rings is 1. The number of carboxylic acids is 1. The molecule has 0 spiro atoms. The van der Waals surface area contributed by atoms with Gasteiger partial charge in [0.2, 0.25) is 10.0 Å². The molecule has 13 heteroatoms. The number of nitrogens with one attached hydrogen (secondary N) is 1. The zero-order valence-electron chi connectivity index (χ0n) is 21.2. The highest BCUT2D eigenvalue weighted by Crippen LogP contribution is 2.32. The van der Waals surface area contributed by atoms with Crippen molar-refractivity contribution in [2.75, 3.05) is 39.3 Å². The first-order valence-corrected chi connectivity index (χ1v) is 13.8. The number of sulfonamides is 1. The van der Waals surface area contributed by atoms with Crippen LogP contribution in [0.15, 0.2) is 27.9 Å². The molecule has 12 nitrogen and oxygen atoms in total. The number of nitrogens with zero attached hydrogens (tertiary/aromatic N) is 5. The van der Waals surface area contributed by atoms with E-state index >= 15 is 0 Å². The summed E-state index contributed by atoms with van der Waals surface area (Å²) in [5.74, 6) is -0.264. The predicted molar refractivity (Wildman–Crippen MR) is 137 cm³/mol. The smallest absolute Gasteiger partial charge is 0.304 e. The van der Waals surface area contributed by atoms with E-state index in [4.69, 9.17) is 9.84 Å². The predicted octanol–water partition coefficient (Wildman–Crippen LogP) is 1.46. The lowest BCUT2D eigenvalue weighted by Gasteiger charge is -2.33. The highest BCUT2D eigenvalue weighted by molar-refractivity contribution is 7.89. The lowest BCUT2D eigenvalue weighted by Crippen LogP contribution is -2.48. The maximum atomic E-state index is 13.5. The van der Waals surface area contributed by atoms with Gasteiger partial charge in [-0.1, -0.05) is 13.3 Å². The van der Waals surface area contributed by atoms with E-state index in [0.717, 1.165) is 6.42 Å². The minimum Gasteiger partial charge on any atom is -0.493 e. The first-order chi connectivity index (χ1) is 17.6. The van der Waals surface area contributed by atoms with Crippen molar-refractivity contribution in [3.05, 3.63) is 34.2 Å². The normalized spacial score (nSPS) is 15.3. The van der Waals surface area contributed by atoms with Crippen LogP contribution in [0, 0.1) is 0 Å². The molecule has 1 aliphatic rings. The van der Waals surface area contributed by atoms with Crippen molar-refractivity contribution in [3.8, 4) is 17.1 Å². The average molecular weight is 533 g/mol. The summed E-state index contributed by atoms with van der Waals surface area (Å²) in [4.78, 5) is 33.3. The van der Waals surface area contributed by atoms with Gasteiger partial charge in [0, 0.05) is 39.8 Å². The number of hydrogen-bond donors (Lipinski definition) is 2. The van der Waals surface area contributed by atoms with E-state index in [2.05, 4.69) is 15.1 Å². The molecule has 0 bridgehead atoms. The molecule has 0 saturated carbocycles. The SMILES string of the molecule is CCCc1nn(C)c2c(=O)[nH]c(-c3cc(S(=O)(=O)N4CCN(CCC(=O)O)CC4)ccc3OCC)nc12. The largest absolute Gasteiger partial charge is 0.493 e. The first-order valence-electron chi connectivity index (χ1n) is 12.3. The van der Waals surface area contributed by atoms with Crippen LogP contribution in [0.3, 0.4) is 0 Å². The van der Waals surface area contributed by atoms with E-state index in [9.17, 15) is 18.0 Å². The Morgan fingerprint density at radius 1 is 1.19 bits per heavy atom. The molecule has 1 aromatic carbocycles. The van der Waals surface area contributed by atoms with Crippen molar-refractivity contribution in [1.29, 1.82) is 0 Å². The quantitative estimate of drug-likeness (QED) is 0.395. The summed E-state index contributed by atoms with van der Waals surface area (Å²) in [5.41, 5.74) is 1.54. The molecule has 1 aliphatic heterocycles. The second-order valence-corrected chi connectivity index (χ2v) is 10.9. The Kier molecular flexibility index (Phi) is 7.95. The maximum absolute atomic E-state index is 13.5. The molecule has 0 amide bonds. The maximum Gasteiger partial charge on any atom is 0.304 e. The fourth-order valence-electron chi connectivity index (χ4n) is 4.51. The average Bonchev–Trinajstić information content (AvgIpc) is 3.19. The van der Waals surface area contributed by atoms with E-state index in [1.165, 1.54) is 21.1 Å². The Morgan fingerprint density at radius 3 is 2.57 bits per heavy atom. The number of aromatic nitrogens is 4. The number of fused-ring (bicyclic) bond motifs is 1. The van der Waals surface area contributed by atoms with Gasteiger partial charge in [0.05, 0.1) is 29.2 Å². The van der Waals surface area contributed by atoms with Gasteiger partial charge < -0.3 is 19.7 Å². The van der Waals surface area contributed by atoms with Gasteiger partial charge in [-0.3, -0.25) is 14.3 Å². The number of piperazine rings is 1. The summed E-state index contributed by atoms with van der Waals surface area (Å²) < 4.78 is 35.7. The molecule has 37 heavy (non-hydrogen) atoms. The standard InChI is InChI=1S/C24H32N6O6S/c1-4-6-18-21-22(28(3)27-18)24(33)26-23(25-21)17-15-16(7-8-19(17)36-5-2)37(34,35)30-13-11-29(12-14-30)10-9-20(31)32/h7-8,15H,4-6,9-14H2,1-3H3,(H,31,32)(H,25,26,33). The zero-order valence-corrected chi connectivity index (χ0v) is 22.0. The molecule has 0 atom stereocenters. The molecule has 2 aromatic heterocycles. The van der Waals surface area contributed by atoms with Crippen LogP contribution in [0.25, 0.3) is 22.4 Å². The van der Waals surface area contributed by atoms with Gasteiger partial charge in [-0.25, -0.2) is 13.4 Å². The van der Waals surface area contributed by atoms with Crippen molar-refractivity contribution >= 4 is 27.0 Å². The molecule has 0 aliphatic carbocycles. The minimum absolute atomic E-state index is 0.0153. The molecule has 200 valence electrons. The number of carboxylic acid groups (broad SMARTS) is 1. The van der Waals surface area contributed by atoms with Gasteiger partial charge in [-0.15, -0.1) is 0 Å². The van der Waals surface area contributed by atoms with Crippen LogP contribution in [0.2, 0.25) is 0 Å². The minimum atomic E-state index is -3.85. The van der Waals surface area contributed by atoms with E-state index < -0.39 is 16.0 Å². The molecule has 3 heterocycles. The molecular formula is C24H32N6O6S. The number of aryl methyl sites for hydroxylation is 2. The van der Waals surface area contributed by atoms with Gasteiger partial charge in [-0.05, 0) is 31.5 Å². The van der Waals surface area contributed by atoms with Gasteiger partial charge in [0.15, 0.2) is 5.52 Å². The van der Waals surface area contributed by atoms with Crippen molar-refractivity contribution in [2.45, 2.75) is 38.0 Å². The number of rotatable bonds is 10. The van der Waals surface area contributed by atoms with E-state index in [1.807, 2.05) is 18.7 Å². The molecule has 4 rings (SSSR count). The van der Waals surface area contributed by atoms with Crippen molar-refractivity contribution < 1.29 is 23.1 Å². The van der Waals surface area contributed by atoms with Crippen LogP contribution in [0.1, 0.15) is 32.4 Å². The van der Waals surface area contributed by atoms with Crippen LogP contribution >= 0.6 is 0 Å². The molecule has 1 saturated heterocycles. The van der Waals surface area contributed by atoms with Gasteiger partial charge >= 0.3 is 5.97 Å². The zero-order chi connectivity index (χ0) is 26.7. The van der Waals surface area contributed by atoms with Crippen LogP contribution < -0.4 is 10.3 Å². The third-order valence-corrected chi connectivity index (χ3v) is 8.26. The third-order valence-electron chi connectivity index (χ3n) is 6.37. The Hall–Kier alpha value is -3.29. The summed E-state index contributed by atoms with van der Waals surface area (Å²) in [6.45, 7) is 5.96. The number of aromatic amines is 1. The number of aliphatic carboxylic acids is 1. The van der Waals surface area contributed by atoms with Gasteiger partial charge in [-0.2, -0.15) is 9.40 Å². The second-order valence-electron chi connectivity index (χ2n) is 8.91. The number of hydrogen-bond acceptors (Lipinski definition) is 8. The molecule has 0 unspecified atom stereocenters. The summed E-state index contributed by atoms with van der Waals surface area (Å²) in [6.07, 6.45) is 1.50. The van der Waals surface area contributed by atoms with E-state index in [0.29, 0.717) is 60.7 Å². The van der Waals surface area contributed by atoms with Crippen molar-refractivity contribution in [1.82, 2.24) is 29.0 Å². The Morgan fingerprint density at radius 2 is 1.92 bits per heavy atom. The van der Waals surface area contributed by atoms with Crippen LogP contribution in [-0.2, 0) is 28.3 Å². The second kappa shape index (κ2) is 11.0. The van der Waals surface area contributed by atoms with E-state index in [1.54, 1.807) is 13.1 Å². The highest BCUT2D eigenvalue weighted by Gasteiger charge is 2.30. The fraction of sp³-hybridized carbons (Fsp3) is 0.500.